The number of hydrogen-bond acceptors (Lipinski definition) is 2. The van der Waals surface area contributed by atoms with E-state index in [1.807, 2.05) is 31.1 Å². The van der Waals surface area contributed by atoms with Gasteiger partial charge in [-0.25, -0.2) is 0 Å². The number of carbonyl (C=O) groups is 1. The van der Waals surface area contributed by atoms with Gasteiger partial charge in [-0.05, 0) is 32.6 Å². The molecule has 2 nitrogen and oxygen atoms in total. The van der Waals surface area contributed by atoms with Gasteiger partial charge in [0.25, 0.3) is 0 Å². The minimum Gasteiger partial charge on any atom is -0.305 e. The van der Waals surface area contributed by atoms with Crippen LogP contribution >= 0.6 is 11.6 Å². The first-order valence-electron chi connectivity index (χ1n) is 4.45. The van der Waals surface area contributed by atoms with Gasteiger partial charge in [0, 0.05) is 17.1 Å². The van der Waals surface area contributed by atoms with E-state index in [4.69, 9.17) is 11.6 Å². The zero-order chi connectivity index (χ0) is 10.7. The van der Waals surface area contributed by atoms with E-state index in [0.717, 1.165) is 12.1 Å². The second-order valence-electron chi connectivity index (χ2n) is 3.60. The summed E-state index contributed by atoms with van der Waals surface area (Å²) in [6.45, 7) is 2.33. The topological polar surface area (TPSA) is 20.3 Å². The lowest BCUT2D eigenvalue weighted by Crippen LogP contribution is -2.11. The normalized spacial score (nSPS) is 10.6. The van der Waals surface area contributed by atoms with Crippen LogP contribution in [-0.4, -0.2) is 24.8 Å². The van der Waals surface area contributed by atoms with Gasteiger partial charge in [-0.1, -0.05) is 23.7 Å². The van der Waals surface area contributed by atoms with E-state index in [0.29, 0.717) is 10.6 Å². The highest BCUT2D eigenvalue weighted by Crippen LogP contribution is 2.19. The van der Waals surface area contributed by atoms with Gasteiger partial charge in [0.15, 0.2) is 5.78 Å². The van der Waals surface area contributed by atoms with E-state index < -0.39 is 0 Å². The van der Waals surface area contributed by atoms with Crippen LogP contribution in [0, 0.1) is 0 Å². The number of benzene rings is 1. The van der Waals surface area contributed by atoms with E-state index in [2.05, 4.69) is 0 Å². The van der Waals surface area contributed by atoms with Crippen molar-refractivity contribution in [3.05, 3.63) is 34.3 Å². The molecule has 0 amide bonds. The molecule has 1 aromatic rings. The highest BCUT2D eigenvalue weighted by molar-refractivity contribution is 6.31. The van der Waals surface area contributed by atoms with Crippen LogP contribution in [0.15, 0.2) is 18.2 Å². The van der Waals surface area contributed by atoms with E-state index in [1.54, 1.807) is 6.07 Å². The zero-order valence-electron chi connectivity index (χ0n) is 8.67. The molecule has 3 heteroatoms. The van der Waals surface area contributed by atoms with Gasteiger partial charge in [-0.15, -0.1) is 0 Å². The Bertz CT molecular complexity index is 347. The molecule has 0 radical (unpaired) electrons. The van der Waals surface area contributed by atoms with Crippen LogP contribution in [0.25, 0.3) is 0 Å². The zero-order valence-corrected chi connectivity index (χ0v) is 9.43. The first-order chi connectivity index (χ1) is 6.50. The third-order valence-corrected chi connectivity index (χ3v) is 2.30. The highest BCUT2D eigenvalue weighted by Gasteiger charge is 2.05. The van der Waals surface area contributed by atoms with E-state index in [9.17, 15) is 4.79 Å². The summed E-state index contributed by atoms with van der Waals surface area (Å²) in [5.74, 6) is 0.0447. The second-order valence-corrected chi connectivity index (χ2v) is 4.01. The molecule has 0 fully saturated rings. The molecule has 0 aliphatic carbocycles. The molecule has 0 atom stereocenters. The summed E-state index contributed by atoms with van der Waals surface area (Å²) in [4.78, 5) is 13.1. The Kier molecular flexibility index (Phi) is 3.67. The third-order valence-electron chi connectivity index (χ3n) is 1.95. The molecule has 0 spiro atoms. The molecule has 0 unspecified atom stereocenters. The van der Waals surface area contributed by atoms with Crippen LogP contribution < -0.4 is 0 Å². The summed E-state index contributed by atoms with van der Waals surface area (Å²) in [6.07, 6.45) is 0. The van der Waals surface area contributed by atoms with E-state index >= 15 is 0 Å². The molecule has 0 aromatic heterocycles. The van der Waals surface area contributed by atoms with Crippen molar-refractivity contribution in [3.63, 3.8) is 0 Å². The Labute approximate surface area is 89.5 Å². The molecule has 0 N–H and O–H groups in total. The Morgan fingerprint density at radius 2 is 2.07 bits per heavy atom. The summed E-state index contributed by atoms with van der Waals surface area (Å²) in [7, 11) is 3.96. The van der Waals surface area contributed by atoms with Gasteiger partial charge < -0.3 is 4.90 Å². The van der Waals surface area contributed by atoms with Crippen molar-refractivity contribution in [2.45, 2.75) is 13.5 Å². The average Bonchev–Trinajstić information content (AvgIpc) is 2.07. The third kappa shape index (κ3) is 2.82. The SMILES string of the molecule is CC(=O)c1ccc(CN(C)C)c(Cl)c1. The van der Waals surface area contributed by atoms with Crippen molar-refractivity contribution in [3.8, 4) is 0 Å². The van der Waals surface area contributed by atoms with Gasteiger partial charge in [0.05, 0.1) is 0 Å². The monoisotopic (exact) mass is 211 g/mol. The number of carbonyl (C=O) groups excluding carboxylic acids is 1. The maximum atomic E-state index is 11.1. The maximum absolute atomic E-state index is 11.1. The molecule has 0 saturated heterocycles. The Hall–Kier alpha value is -0.860. The average molecular weight is 212 g/mol. The molecule has 76 valence electrons. The first-order valence-corrected chi connectivity index (χ1v) is 4.82. The van der Waals surface area contributed by atoms with Gasteiger partial charge in [-0.3, -0.25) is 4.79 Å². The summed E-state index contributed by atoms with van der Waals surface area (Å²) in [5, 5.41) is 0.659. The fraction of sp³-hybridized carbons (Fsp3) is 0.364. The fourth-order valence-corrected chi connectivity index (χ4v) is 1.48. The molecule has 0 saturated carbocycles. The Morgan fingerprint density at radius 1 is 1.43 bits per heavy atom. The summed E-state index contributed by atoms with van der Waals surface area (Å²) >= 11 is 6.04. The molecule has 14 heavy (non-hydrogen) atoms. The van der Waals surface area contributed by atoms with Crippen molar-refractivity contribution < 1.29 is 4.79 Å². The molecule has 0 heterocycles. The Balaban J connectivity index is 2.95. The smallest absolute Gasteiger partial charge is 0.159 e. The highest BCUT2D eigenvalue weighted by atomic mass is 35.5. The second kappa shape index (κ2) is 4.58. The molecule has 0 aliphatic rings. The van der Waals surface area contributed by atoms with E-state index in [1.165, 1.54) is 6.92 Å². The van der Waals surface area contributed by atoms with Gasteiger partial charge in [0.1, 0.15) is 0 Å². The number of halogens is 1. The minimum absolute atomic E-state index is 0.0447. The molecule has 0 aliphatic heterocycles. The standard InChI is InChI=1S/C11H14ClNO/c1-8(14)9-4-5-10(7-13(2)3)11(12)6-9/h4-6H,7H2,1-3H3. The van der Waals surface area contributed by atoms with Crippen LogP contribution in [0.4, 0.5) is 0 Å². The molecular formula is C11H14ClNO. The molecular weight excluding hydrogens is 198 g/mol. The first kappa shape index (κ1) is 11.2. The van der Waals surface area contributed by atoms with Crippen LogP contribution in [0.1, 0.15) is 22.8 Å². The molecule has 0 bridgehead atoms. The minimum atomic E-state index is 0.0447. The van der Waals surface area contributed by atoms with Crippen molar-refractivity contribution in [1.82, 2.24) is 4.90 Å². The van der Waals surface area contributed by atoms with Gasteiger partial charge in [-0.2, -0.15) is 0 Å². The van der Waals surface area contributed by atoms with Crippen molar-refractivity contribution in [2.24, 2.45) is 0 Å². The lowest BCUT2D eigenvalue weighted by atomic mass is 10.1. The van der Waals surface area contributed by atoms with Gasteiger partial charge in [0.2, 0.25) is 0 Å². The maximum Gasteiger partial charge on any atom is 0.159 e. The van der Waals surface area contributed by atoms with Crippen molar-refractivity contribution >= 4 is 17.4 Å². The van der Waals surface area contributed by atoms with Crippen molar-refractivity contribution in [2.75, 3.05) is 14.1 Å². The van der Waals surface area contributed by atoms with Crippen LogP contribution in [-0.2, 0) is 6.54 Å². The number of ketones is 1. The predicted molar refractivity (Wildman–Crippen MR) is 58.8 cm³/mol. The Morgan fingerprint density at radius 3 is 2.50 bits per heavy atom. The van der Waals surface area contributed by atoms with Crippen LogP contribution in [0.3, 0.4) is 0 Å². The fourth-order valence-electron chi connectivity index (χ4n) is 1.24. The summed E-state index contributed by atoms with van der Waals surface area (Å²) < 4.78 is 0. The lowest BCUT2D eigenvalue weighted by molar-refractivity contribution is 0.101. The lowest BCUT2D eigenvalue weighted by Gasteiger charge is -2.11. The van der Waals surface area contributed by atoms with E-state index in [-0.39, 0.29) is 5.78 Å². The van der Waals surface area contributed by atoms with Gasteiger partial charge >= 0.3 is 0 Å². The predicted octanol–water partition coefficient (Wildman–Crippen LogP) is 2.60. The molecule has 1 rings (SSSR count). The number of nitrogens with zero attached hydrogens (tertiary/aromatic N) is 1. The number of rotatable bonds is 3. The molecule has 1 aromatic carbocycles. The summed E-state index contributed by atoms with van der Waals surface area (Å²) in [5.41, 5.74) is 1.71. The number of Topliss-reactive ketones (excluding diaryl/α,β-unsaturated/α-hetero) is 1. The quantitative estimate of drug-likeness (QED) is 0.717. The van der Waals surface area contributed by atoms with Crippen LogP contribution in [0.5, 0.6) is 0 Å². The largest absolute Gasteiger partial charge is 0.305 e. The van der Waals surface area contributed by atoms with Crippen molar-refractivity contribution in [1.29, 1.82) is 0 Å². The van der Waals surface area contributed by atoms with Crippen LogP contribution in [0.2, 0.25) is 5.02 Å². The number of hydrogen-bond donors (Lipinski definition) is 0. The summed E-state index contributed by atoms with van der Waals surface area (Å²) in [6, 6.07) is 5.44.